The molecule has 0 radical (unpaired) electrons. The van der Waals surface area contributed by atoms with Gasteiger partial charge in [0.15, 0.2) is 9.84 Å². The quantitative estimate of drug-likeness (QED) is 0.474. The summed E-state index contributed by atoms with van der Waals surface area (Å²) in [5.74, 6) is -1.66. The molecule has 3 rings (SSSR count). The molecule has 158 valence electrons. The van der Waals surface area contributed by atoms with Gasteiger partial charge in [0.2, 0.25) is 11.8 Å². The Bertz CT molecular complexity index is 1130. The topological polar surface area (TPSA) is 115 Å². The standard InChI is InChI=1S/C19H15BrClNO7S/c20-13-3-1-12(2-4-13)16(11-30(26,27)15-7-5-14(21)6-8-15)28-19(25)29-22-17(23)9-10-18(22)24/h1-10,16,23-24H,11H2. The molecule has 0 aliphatic rings. The number of rotatable bonds is 6. The lowest BCUT2D eigenvalue weighted by molar-refractivity contribution is 0.0142. The Hall–Kier alpha value is -2.69. The van der Waals surface area contributed by atoms with Gasteiger partial charge in [-0.25, -0.2) is 13.2 Å². The minimum Gasteiger partial charge on any atom is -0.492 e. The number of carbonyl (C=O) groups is 1. The molecule has 1 aromatic heterocycles. The zero-order valence-corrected chi connectivity index (χ0v) is 18.3. The number of carbonyl (C=O) groups excluding carboxylic acids is 1. The Kier molecular flexibility index (Phi) is 6.59. The van der Waals surface area contributed by atoms with Gasteiger partial charge in [-0.3, -0.25) is 4.84 Å². The number of halogens is 2. The van der Waals surface area contributed by atoms with E-state index in [-0.39, 0.29) is 4.90 Å². The Labute approximate surface area is 185 Å². The fraction of sp³-hybridized carbons (Fsp3) is 0.105. The van der Waals surface area contributed by atoms with Gasteiger partial charge >= 0.3 is 6.16 Å². The predicted octanol–water partition coefficient (Wildman–Crippen LogP) is 4.10. The van der Waals surface area contributed by atoms with Crippen LogP contribution < -0.4 is 4.84 Å². The van der Waals surface area contributed by atoms with Crippen molar-refractivity contribution >= 4 is 43.5 Å². The molecule has 1 atom stereocenters. The van der Waals surface area contributed by atoms with E-state index in [2.05, 4.69) is 15.9 Å². The van der Waals surface area contributed by atoms with Gasteiger partial charge in [0, 0.05) is 21.6 Å². The van der Waals surface area contributed by atoms with Gasteiger partial charge in [0.25, 0.3) is 0 Å². The number of sulfone groups is 1. The molecule has 2 N–H and O–H groups in total. The van der Waals surface area contributed by atoms with Crippen LogP contribution in [0.15, 0.2) is 70.0 Å². The number of benzene rings is 2. The highest BCUT2D eigenvalue weighted by atomic mass is 79.9. The molecule has 0 bridgehead atoms. The average Bonchev–Trinajstić information content (AvgIpc) is 3.00. The third kappa shape index (κ3) is 5.26. The van der Waals surface area contributed by atoms with Gasteiger partial charge in [-0.15, -0.1) is 4.73 Å². The first kappa shape index (κ1) is 22.0. The summed E-state index contributed by atoms with van der Waals surface area (Å²) in [4.78, 5) is 17.0. The maximum absolute atomic E-state index is 12.8. The molecule has 30 heavy (non-hydrogen) atoms. The van der Waals surface area contributed by atoms with Crippen LogP contribution in [0.1, 0.15) is 11.7 Å². The van der Waals surface area contributed by atoms with Crippen molar-refractivity contribution in [2.75, 3.05) is 5.75 Å². The molecule has 0 aliphatic carbocycles. The second-order valence-electron chi connectivity index (χ2n) is 6.08. The first-order valence-electron chi connectivity index (χ1n) is 8.38. The van der Waals surface area contributed by atoms with E-state index < -0.39 is 39.6 Å². The molecule has 1 heterocycles. The number of hydrogen-bond acceptors (Lipinski definition) is 7. The Morgan fingerprint density at radius 3 is 2.13 bits per heavy atom. The van der Waals surface area contributed by atoms with E-state index in [0.717, 1.165) is 16.6 Å². The summed E-state index contributed by atoms with van der Waals surface area (Å²) in [6, 6.07) is 14.3. The van der Waals surface area contributed by atoms with Crippen molar-refractivity contribution in [2.24, 2.45) is 0 Å². The summed E-state index contributed by atoms with van der Waals surface area (Å²) in [6.45, 7) is 0. The van der Waals surface area contributed by atoms with Crippen molar-refractivity contribution in [2.45, 2.75) is 11.0 Å². The largest absolute Gasteiger partial charge is 0.534 e. The van der Waals surface area contributed by atoms with Crippen molar-refractivity contribution in [1.29, 1.82) is 0 Å². The third-order valence-electron chi connectivity index (χ3n) is 3.99. The zero-order chi connectivity index (χ0) is 21.9. The van der Waals surface area contributed by atoms with Crippen LogP contribution in [-0.4, -0.2) is 35.3 Å². The van der Waals surface area contributed by atoms with Crippen LogP contribution in [0.25, 0.3) is 0 Å². The number of ether oxygens (including phenoxy) is 1. The molecule has 0 saturated carbocycles. The second-order valence-corrected chi connectivity index (χ2v) is 9.47. The summed E-state index contributed by atoms with van der Waals surface area (Å²) in [5.41, 5.74) is 0.397. The molecule has 0 aliphatic heterocycles. The summed E-state index contributed by atoms with van der Waals surface area (Å²) in [6.07, 6.45) is -2.55. The van der Waals surface area contributed by atoms with Gasteiger partial charge in [0.05, 0.1) is 10.6 Å². The highest BCUT2D eigenvalue weighted by Crippen LogP contribution is 2.26. The third-order valence-corrected chi connectivity index (χ3v) is 6.50. The van der Waals surface area contributed by atoms with Crippen molar-refractivity contribution in [3.8, 4) is 11.8 Å². The fourth-order valence-electron chi connectivity index (χ4n) is 2.52. The summed E-state index contributed by atoms with van der Waals surface area (Å²) >= 11 is 9.10. The van der Waals surface area contributed by atoms with Crippen LogP contribution in [0.4, 0.5) is 4.79 Å². The molecule has 0 spiro atoms. The lowest BCUT2D eigenvalue weighted by Gasteiger charge is -2.18. The first-order valence-corrected chi connectivity index (χ1v) is 11.2. The minimum absolute atomic E-state index is 0.00618. The highest BCUT2D eigenvalue weighted by molar-refractivity contribution is 9.10. The van der Waals surface area contributed by atoms with Crippen LogP contribution in [-0.2, 0) is 14.6 Å². The molecule has 0 saturated heterocycles. The minimum atomic E-state index is -3.87. The first-order chi connectivity index (χ1) is 14.2. The number of aromatic hydroxyl groups is 2. The van der Waals surface area contributed by atoms with Gasteiger partial charge < -0.3 is 14.9 Å². The maximum Gasteiger partial charge on any atom is 0.534 e. The molecule has 0 amide bonds. The van der Waals surface area contributed by atoms with E-state index >= 15 is 0 Å². The van der Waals surface area contributed by atoms with Crippen molar-refractivity contribution in [1.82, 2.24) is 4.73 Å². The van der Waals surface area contributed by atoms with E-state index in [9.17, 15) is 23.4 Å². The van der Waals surface area contributed by atoms with Crippen LogP contribution in [0.2, 0.25) is 5.02 Å². The normalized spacial score (nSPS) is 12.3. The molecular weight excluding hydrogens is 502 g/mol. The molecule has 11 heteroatoms. The molecular formula is C19H15BrClNO7S. The van der Waals surface area contributed by atoms with Gasteiger partial charge in [-0.1, -0.05) is 39.7 Å². The van der Waals surface area contributed by atoms with E-state index in [1.807, 2.05) is 0 Å². The monoisotopic (exact) mass is 515 g/mol. The van der Waals surface area contributed by atoms with Crippen molar-refractivity contribution in [3.63, 3.8) is 0 Å². The lowest BCUT2D eigenvalue weighted by Crippen LogP contribution is -2.26. The number of nitrogens with zero attached hydrogens (tertiary/aromatic N) is 1. The lowest BCUT2D eigenvalue weighted by atomic mass is 10.1. The maximum atomic E-state index is 12.8. The van der Waals surface area contributed by atoms with Crippen LogP contribution in [0.3, 0.4) is 0 Å². The summed E-state index contributed by atoms with van der Waals surface area (Å²) in [7, 11) is -3.87. The van der Waals surface area contributed by atoms with E-state index in [1.165, 1.54) is 24.3 Å². The smallest absolute Gasteiger partial charge is 0.492 e. The molecule has 3 aromatic rings. The highest BCUT2D eigenvalue weighted by Gasteiger charge is 2.27. The number of hydrogen-bond donors (Lipinski definition) is 2. The van der Waals surface area contributed by atoms with Crippen LogP contribution in [0, 0.1) is 0 Å². The second kappa shape index (κ2) is 8.99. The predicted molar refractivity (Wildman–Crippen MR) is 111 cm³/mol. The SMILES string of the molecule is O=C(OC(CS(=O)(=O)c1ccc(Cl)cc1)c1ccc(Br)cc1)On1c(O)ccc1O. The van der Waals surface area contributed by atoms with Crippen molar-refractivity contribution < 1.29 is 33.0 Å². The van der Waals surface area contributed by atoms with Gasteiger partial charge in [0.1, 0.15) is 6.10 Å². The van der Waals surface area contributed by atoms with E-state index in [0.29, 0.717) is 15.3 Å². The average molecular weight is 517 g/mol. The van der Waals surface area contributed by atoms with Crippen LogP contribution in [0.5, 0.6) is 11.8 Å². The zero-order valence-electron chi connectivity index (χ0n) is 15.1. The summed E-state index contributed by atoms with van der Waals surface area (Å²) < 4.78 is 32.1. The summed E-state index contributed by atoms with van der Waals surface area (Å²) in [5, 5.41) is 19.5. The van der Waals surface area contributed by atoms with Crippen LogP contribution >= 0.6 is 27.5 Å². The molecule has 1 unspecified atom stereocenters. The molecule has 2 aromatic carbocycles. The van der Waals surface area contributed by atoms with E-state index in [4.69, 9.17) is 21.2 Å². The molecule has 8 nitrogen and oxygen atoms in total. The van der Waals surface area contributed by atoms with Gasteiger partial charge in [-0.05, 0) is 42.0 Å². The Morgan fingerprint density at radius 1 is 1.00 bits per heavy atom. The Balaban J connectivity index is 1.86. The van der Waals surface area contributed by atoms with Gasteiger partial charge in [-0.2, -0.15) is 0 Å². The fourth-order valence-corrected chi connectivity index (χ4v) is 4.31. The van der Waals surface area contributed by atoms with E-state index in [1.54, 1.807) is 24.3 Å². The molecule has 0 fully saturated rings. The number of aromatic nitrogens is 1. The van der Waals surface area contributed by atoms with Crippen molar-refractivity contribution in [3.05, 3.63) is 75.7 Å². The Morgan fingerprint density at radius 2 is 1.57 bits per heavy atom.